The Balaban J connectivity index is 0. The molecule has 1 unspecified atom stereocenters. The lowest BCUT2D eigenvalue weighted by Crippen LogP contribution is -2.46. The minimum Gasteiger partial charge on any atom is -0.483 e. The SMILES string of the molecule is C=CO/C(CNc1ncnc2c1ncn2CC(C)OCP(NC(C)(C)C=O)NC(C)(C)C=O)=C(/C)CC.CCCCCCOC.CCCCCCOC.O=CO. The molecule has 1 atom stereocenters. The Morgan fingerprint density at radius 3 is 1.89 bits per heavy atom. The third-order valence-corrected chi connectivity index (χ3v) is 9.93. The summed E-state index contributed by atoms with van der Waals surface area (Å²) >= 11 is 0. The monoisotopic (exact) mass is 812 g/mol. The summed E-state index contributed by atoms with van der Waals surface area (Å²) < 4.78 is 23.4. The maximum absolute atomic E-state index is 11.4. The number of unbranched alkanes of at least 4 members (excludes halogenated alkanes) is 6. The number of nitrogens with one attached hydrogen (secondary N) is 3. The Bertz CT molecular complexity index is 1310. The van der Waals surface area contributed by atoms with Crippen molar-refractivity contribution in [2.24, 2.45) is 0 Å². The molecule has 0 bridgehead atoms. The largest absolute Gasteiger partial charge is 0.483 e. The highest BCUT2D eigenvalue weighted by Gasteiger charge is 2.27. The maximum Gasteiger partial charge on any atom is 0.290 e. The quantitative estimate of drug-likeness (QED) is 0.0294. The fraction of sp³-hybridized carbons (Fsp3) is 0.700. The molecule has 322 valence electrons. The van der Waals surface area contributed by atoms with E-state index in [-0.39, 0.29) is 12.6 Å². The molecule has 0 aliphatic heterocycles. The summed E-state index contributed by atoms with van der Waals surface area (Å²) in [5.74, 6) is 1.40. The van der Waals surface area contributed by atoms with E-state index < -0.39 is 19.3 Å². The Labute approximate surface area is 338 Å². The van der Waals surface area contributed by atoms with E-state index >= 15 is 0 Å². The molecule has 0 aliphatic rings. The van der Waals surface area contributed by atoms with Crippen molar-refractivity contribution in [1.29, 1.82) is 0 Å². The first-order valence-electron chi connectivity index (χ1n) is 19.5. The molecular formula is C40H74N7O8P. The molecule has 2 heterocycles. The first-order valence-corrected chi connectivity index (χ1v) is 21.0. The second-order valence-electron chi connectivity index (χ2n) is 14.1. The third kappa shape index (κ3) is 26.5. The number of hydrogen-bond donors (Lipinski definition) is 4. The molecule has 0 spiro atoms. The van der Waals surface area contributed by atoms with E-state index in [1.807, 2.05) is 18.4 Å². The first kappa shape index (κ1) is 54.8. The number of rotatable bonds is 27. The molecule has 16 heteroatoms. The van der Waals surface area contributed by atoms with Crippen LogP contribution in [0.2, 0.25) is 0 Å². The number of aromatic nitrogens is 4. The van der Waals surface area contributed by atoms with Crippen molar-refractivity contribution in [3.8, 4) is 0 Å². The van der Waals surface area contributed by atoms with Crippen LogP contribution in [-0.2, 0) is 39.9 Å². The van der Waals surface area contributed by atoms with Crippen molar-refractivity contribution < 1.29 is 38.4 Å². The van der Waals surface area contributed by atoms with E-state index in [2.05, 4.69) is 57.8 Å². The number of aldehydes is 2. The molecule has 2 rings (SSSR count). The standard InChI is InChI=1S/C25H40N7O4P.2C7H16O.CH2O2/c1-9-18(3)20(35-10-2)11-26-22-21-23(28-15-27-22)32(16-29-21)12-19(4)36-17-37(30-24(5,6)13-33)31-25(7,8)14-34;2*1-3-4-5-6-7-8-2;2-1-3/h10,13-16,19,30-31H,2,9,11-12,17H2,1,3-8H3,(H,26,27,28);2*3-7H2,1-2H3;1H,(H,2,3)/b20-18-;;;. The first-order chi connectivity index (χ1) is 26.7. The Morgan fingerprint density at radius 1 is 0.911 bits per heavy atom. The van der Waals surface area contributed by atoms with Gasteiger partial charge in [0.1, 0.15) is 30.2 Å². The van der Waals surface area contributed by atoms with Gasteiger partial charge in [0.05, 0.1) is 57.4 Å². The number of methoxy groups -OCH3 is 2. The van der Waals surface area contributed by atoms with Crippen LogP contribution in [0.1, 0.15) is 120 Å². The van der Waals surface area contributed by atoms with Gasteiger partial charge in [-0.15, -0.1) is 0 Å². The smallest absolute Gasteiger partial charge is 0.290 e. The molecule has 0 aliphatic carbocycles. The second-order valence-corrected chi connectivity index (χ2v) is 15.7. The number of carboxylic acid groups (broad SMARTS) is 1. The van der Waals surface area contributed by atoms with Gasteiger partial charge >= 0.3 is 0 Å². The highest BCUT2D eigenvalue weighted by Crippen LogP contribution is 2.32. The summed E-state index contributed by atoms with van der Waals surface area (Å²) in [6, 6.07) is 0. The summed E-state index contributed by atoms with van der Waals surface area (Å²) in [7, 11) is 2.34. The number of imidazole rings is 1. The molecule has 56 heavy (non-hydrogen) atoms. The van der Waals surface area contributed by atoms with Gasteiger partial charge in [0, 0.05) is 27.4 Å². The van der Waals surface area contributed by atoms with Gasteiger partial charge in [-0.05, 0) is 66.4 Å². The van der Waals surface area contributed by atoms with Gasteiger partial charge < -0.3 is 43.5 Å². The van der Waals surface area contributed by atoms with Crippen LogP contribution in [0.25, 0.3) is 11.2 Å². The van der Waals surface area contributed by atoms with E-state index in [1.165, 1.54) is 64.0 Å². The van der Waals surface area contributed by atoms with Gasteiger partial charge in [-0.3, -0.25) is 15.0 Å². The number of anilines is 1. The predicted molar refractivity (Wildman–Crippen MR) is 228 cm³/mol. The molecule has 4 N–H and O–H groups in total. The molecule has 0 saturated carbocycles. The lowest BCUT2D eigenvalue weighted by molar-refractivity contribution is -0.123. The van der Waals surface area contributed by atoms with Gasteiger partial charge in [-0.25, -0.2) is 15.0 Å². The lowest BCUT2D eigenvalue weighted by Gasteiger charge is -2.33. The topological polar surface area (TPSA) is 188 Å². The van der Waals surface area contributed by atoms with Crippen LogP contribution in [-0.4, -0.2) is 101 Å². The van der Waals surface area contributed by atoms with E-state index in [4.69, 9.17) is 28.8 Å². The Morgan fingerprint density at radius 2 is 1.45 bits per heavy atom. The predicted octanol–water partition coefficient (Wildman–Crippen LogP) is 8.02. The molecule has 0 radical (unpaired) electrons. The van der Waals surface area contributed by atoms with E-state index in [1.54, 1.807) is 48.2 Å². The van der Waals surface area contributed by atoms with Crippen LogP contribution in [0, 0.1) is 0 Å². The average molecular weight is 812 g/mol. The Kier molecular flexibility index (Phi) is 33.0. The highest BCUT2D eigenvalue weighted by atomic mass is 31.1. The second kappa shape index (κ2) is 33.8. The third-order valence-electron chi connectivity index (χ3n) is 7.83. The van der Waals surface area contributed by atoms with Crippen molar-refractivity contribution in [3.05, 3.63) is 36.8 Å². The number of nitrogens with zero attached hydrogens (tertiary/aromatic N) is 4. The Hall–Kier alpha value is -3.33. The number of allylic oxidation sites excluding steroid dienone is 1. The van der Waals surface area contributed by atoms with Crippen LogP contribution < -0.4 is 15.5 Å². The minimum atomic E-state index is -1.17. The van der Waals surface area contributed by atoms with Crippen LogP contribution in [0.4, 0.5) is 5.82 Å². The van der Waals surface area contributed by atoms with Crippen LogP contribution in [0.15, 0.2) is 36.8 Å². The van der Waals surface area contributed by atoms with Gasteiger partial charge in [0.25, 0.3) is 6.47 Å². The van der Waals surface area contributed by atoms with Crippen LogP contribution >= 0.6 is 8.22 Å². The summed E-state index contributed by atoms with van der Waals surface area (Å²) in [5, 5.41) is 16.7. The molecule has 0 saturated heterocycles. The molecular weight excluding hydrogens is 737 g/mol. The van der Waals surface area contributed by atoms with Crippen molar-refractivity contribution in [1.82, 2.24) is 29.7 Å². The summed E-state index contributed by atoms with van der Waals surface area (Å²) in [5.41, 5.74) is 0.927. The van der Waals surface area contributed by atoms with Gasteiger partial charge in [0.15, 0.2) is 11.5 Å². The van der Waals surface area contributed by atoms with Crippen molar-refractivity contribution in [2.75, 3.05) is 45.6 Å². The van der Waals surface area contributed by atoms with Crippen LogP contribution in [0.3, 0.4) is 0 Å². The number of carbonyl (C=O) groups is 3. The fourth-order valence-electron chi connectivity index (χ4n) is 4.62. The normalized spacial score (nSPS) is 12.1. The molecule has 2 aromatic heterocycles. The van der Waals surface area contributed by atoms with Crippen molar-refractivity contribution in [3.63, 3.8) is 0 Å². The fourth-order valence-corrected chi connectivity index (χ4v) is 6.70. The average Bonchev–Trinajstić information content (AvgIpc) is 3.59. The molecule has 0 aromatic carbocycles. The zero-order chi connectivity index (χ0) is 42.8. The van der Waals surface area contributed by atoms with Gasteiger partial charge in [-0.1, -0.05) is 65.9 Å². The van der Waals surface area contributed by atoms with E-state index in [0.29, 0.717) is 36.4 Å². The number of fused-ring (bicyclic) bond motifs is 1. The maximum atomic E-state index is 11.4. The highest BCUT2D eigenvalue weighted by molar-refractivity contribution is 7.53. The number of ether oxygens (including phenoxy) is 4. The zero-order valence-electron chi connectivity index (χ0n) is 36.2. The van der Waals surface area contributed by atoms with Gasteiger partial charge in [-0.2, -0.15) is 0 Å². The molecule has 0 amide bonds. The minimum absolute atomic E-state index is 0.196. The molecule has 2 aromatic rings. The zero-order valence-corrected chi connectivity index (χ0v) is 37.1. The number of hydrogen-bond acceptors (Lipinski definition) is 13. The number of carbonyl (C=O) groups excluding carboxylic acids is 2. The van der Waals surface area contributed by atoms with E-state index in [0.717, 1.165) is 43.5 Å². The molecule has 15 nitrogen and oxygen atoms in total. The summed E-state index contributed by atoms with van der Waals surface area (Å²) in [6.07, 6.45) is 17.7. The van der Waals surface area contributed by atoms with Crippen molar-refractivity contribution in [2.45, 2.75) is 144 Å². The van der Waals surface area contributed by atoms with Crippen LogP contribution in [0.5, 0.6) is 0 Å². The summed E-state index contributed by atoms with van der Waals surface area (Å²) in [4.78, 5) is 44.5. The molecule has 0 fully saturated rings. The summed E-state index contributed by atoms with van der Waals surface area (Å²) in [6.45, 7) is 23.8. The van der Waals surface area contributed by atoms with Crippen molar-refractivity contribution >= 4 is 44.2 Å². The van der Waals surface area contributed by atoms with Gasteiger partial charge in [0.2, 0.25) is 0 Å². The lowest BCUT2D eigenvalue weighted by atomic mass is 10.1. The van der Waals surface area contributed by atoms with E-state index in [9.17, 15) is 9.59 Å².